The molecule has 1 aromatic carbocycles. The molecular formula is C15H24N2O3. The van der Waals surface area contributed by atoms with Gasteiger partial charge in [-0.15, -0.1) is 0 Å². The molecule has 0 heterocycles. The molecule has 0 bridgehead atoms. The number of carbonyl (C=O) groups excluding carboxylic acids is 1. The highest BCUT2D eigenvalue weighted by Gasteiger charge is 2.13. The minimum Gasteiger partial charge on any atom is -0.497 e. The van der Waals surface area contributed by atoms with Gasteiger partial charge in [0.25, 0.3) is 0 Å². The first-order valence-electron chi connectivity index (χ1n) is 6.81. The summed E-state index contributed by atoms with van der Waals surface area (Å²) in [4.78, 5) is 13.8. The molecule has 0 unspecified atom stereocenters. The molecule has 112 valence electrons. The van der Waals surface area contributed by atoms with Crippen LogP contribution in [0.2, 0.25) is 0 Å². The lowest BCUT2D eigenvalue weighted by Crippen LogP contribution is -2.41. The summed E-state index contributed by atoms with van der Waals surface area (Å²) in [5, 5.41) is 11.9. The molecule has 0 aliphatic heterocycles. The highest BCUT2D eigenvalue weighted by Crippen LogP contribution is 2.12. The van der Waals surface area contributed by atoms with Gasteiger partial charge in [0, 0.05) is 19.1 Å². The summed E-state index contributed by atoms with van der Waals surface area (Å²) in [7, 11) is 1.62. The molecule has 0 saturated carbocycles. The zero-order chi connectivity index (χ0) is 15.0. The Balaban J connectivity index is 2.45. The highest BCUT2D eigenvalue weighted by molar-refractivity contribution is 5.78. The number of nitrogens with zero attached hydrogens (tertiary/aromatic N) is 1. The molecule has 2 N–H and O–H groups in total. The van der Waals surface area contributed by atoms with Gasteiger partial charge in [0.15, 0.2) is 0 Å². The minimum atomic E-state index is -0.0463. The summed E-state index contributed by atoms with van der Waals surface area (Å²) in [6.45, 7) is 5.34. The highest BCUT2D eigenvalue weighted by atomic mass is 16.5. The van der Waals surface area contributed by atoms with Crippen molar-refractivity contribution in [2.24, 2.45) is 0 Å². The number of rotatable bonds is 8. The van der Waals surface area contributed by atoms with E-state index in [-0.39, 0.29) is 18.6 Å². The largest absolute Gasteiger partial charge is 0.497 e. The van der Waals surface area contributed by atoms with Crippen molar-refractivity contribution in [3.8, 4) is 5.75 Å². The smallest absolute Gasteiger partial charge is 0.234 e. The number of aliphatic hydroxyl groups is 1. The first kappa shape index (κ1) is 16.5. The second-order valence-corrected chi connectivity index (χ2v) is 4.92. The second kappa shape index (κ2) is 8.55. The van der Waals surface area contributed by atoms with E-state index in [0.29, 0.717) is 19.6 Å². The monoisotopic (exact) mass is 280 g/mol. The summed E-state index contributed by atoms with van der Waals surface area (Å²) in [5.74, 6) is 0.732. The van der Waals surface area contributed by atoms with E-state index in [4.69, 9.17) is 9.84 Å². The maximum absolute atomic E-state index is 11.9. The Kier molecular flexibility index (Phi) is 7.04. The van der Waals surface area contributed by atoms with Gasteiger partial charge in [-0.25, -0.2) is 0 Å². The van der Waals surface area contributed by atoms with Crippen LogP contribution in [0.3, 0.4) is 0 Å². The van der Waals surface area contributed by atoms with E-state index in [0.717, 1.165) is 11.3 Å². The van der Waals surface area contributed by atoms with Crippen molar-refractivity contribution in [1.82, 2.24) is 10.2 Å². The van der Waals surface area contributed by atoms with Gasteiger partial charge >= 0.3 is 0 Å². The van der Waals surface area contributed by atoms with E-state index in [9.17, 15) is 4.79 Å². The van der Waals surface area contributed by atoms with Crippen LogP contribution in [0.4, 0.5) is 0 Å². The average Bonchev–Trinajstić information content (AvgIpc) is 2.44. The number of benzene rings is 1. The molecule has 5 heteroatoms. The van der Waals surface area contributed by atoms with Crippen LogP contribution in [0.5, 0.6) is 5.75 Å². The molecule has 5 nitrogen and oxygen atoms in total. The molecule has 20 heavy (non-hydrogen) atoms. The Morgan fingerprint density at radius 3 is 2.80 bits per heavy atom. The van der Waals surface area contributed by atoms with Crippen LogP contribution in [0.25, 0.3) is 0 Å². The quantitative estimate of drug-likeness (QED) is 0.746. The fraction of sp³-hybridized carbons (Fsp3) is 0.533. The van der Waals surface area contributed by atoms with E-state index in [1.165, 1.54) is 0 Å². The average molecular weight is 280 g/mol. The zero-order valence-electron chi connectivity index (χ0n) is 12.4. The lowest BCUT2D eigenvalue weighted by atomic mass is 10.2. The van der Waals surface area contributed by atoms with Gasteiger partial charge in [0.1, 0.15) is 5.75 Å². The topological polar surface area (TPSA) is 61.8 Å². The molecule has 1 rings (SSSR count). The molecule has 0 aromatic heterocycles. The lowest BCUT2D eigenvalue weighted by Gasteiger charge is -2.24. The van der Waals surface area contributed by atoms with Crippen LogP contribution < -0.4 is 10.1 Å². The number of aliphatic hydroxyl groups excluding tert-OH is 1. The third-order valence-electron chi connectivity index (χ3n) is 3.09. The van der Waals surface area contributed by atoms with Crippen molar-refractivity contribution in [1.29, 1.82) is 0 Å². The van der Waals surface area contributed by atoms with Gasteiger partial charge in [-0.3, -0.25) is 9.69 Å². The summed E-state index contributed by atoms with van der Waals surface area (Å²) >= 11 is 0. The van der Waals surface area contributed by atoms with Crippen LogP contribution in [0.15, 0.2) is 24.3 Å². The first-order chi connectivity index (χ1) is 9.56. The fourth-order valence-corrected chi connectivity index (χ4v) is 1.87. The van der Waals surface area contributed by atoms with E-state index in [2.05, 4.69) is 5.32 Å². The molecule has 1 amide bonds. The Labute approximate surface area is 120 Å². The van der Waals surface area contributed by atoms with E-state index < -0.39 is 0 Å². The van der Waals surface area contributed by atoms with E-state index in [1.54, 1.807) is 7.11 Å². The van der Waals surface area contributed by atoms with Gasteiger partial charge in [-0.2, -0.15) is 0 Å². The molecule has 0 spiro atoms. The van der Waals surface area contributed by atoms with Crippen molar-refractivity contribution in [2.45, 2.75) is 26.4 Å². The Bertz CT molecular complexity index is 421. The molecule has 0 aliphatic rings. The van der Waals surface area contributed by atoms with Gasteiger partial charge in [0.05, 0.1) is 20.3 Å². The van der Waals surface area contributed by atoms with Crippen molar-refractivity contribution in [2.75, 3.05) is 26.8 Å². The molecule has 0 aliphatic carbocycles. The van der Waals surface area contributed by atoms with Crippen molar-refractivity contribution < 1.29 is 14.6 Å². The number of hydrogen-bond donors (Lipinski definition) is 2. The Morgan fingerprint density at radius 1 is 1.45 bits per heavy atom. The van der Waals surface area contributed by atoms with Crippen LogP contribution >= 0.6 is 0 Å². The summed E-state index contributed by atoms with van der Waals surface area (Å²) in [6.07, 6.45) is 0. The molecule has 0 atom stereocenters. The molecule has 1 aromatic rings. The minimum absolute atomic E-state index is 0.0463. The third kappa shape index (κ3) is 5.59. The maximum atomic E-state index is 11.9. The number of amides is 1. The molecule has 0 saturated heterocycles. The van der Waals surface area contributed by atoms with Crippen molar-refractivity contribution in [3.63, 3.8) is 0 Å². The molecule has 0 radical (unpaired) electrons. The van der Waals surface area contributed by atoms with Crippen molar-refractivity contribution in [3.05, 3.63) is 29.8 Å². The van der Waals surface area contributed by atoms with Crippen LogP contribution in [-0.2, 0) is 11.3 Å². The standard InChI is InChI=1S/C15H24N2O3/c1-12(2)17(7-8-18)11-15(19)16-10-13-5-4-6-14(9-13)20-3/h4-6,9,12,18H,7-8,10-11H2,1-3H3,(H,16,19). The Hall–Kier alpha value is -1.59. The number of nitrogens with one attached hydrogen (secondary N) is 1. The molecule has 0 fully saturated rings. The van der Waals surface area contributed by atoms with Crippen LogP contribution in [0.1, 0.15) is 19.4 Å². The first-order valence-corrected chi connectivity index (χ1v) is 6.81. The van der Waals surface area contributed by atoms with Crippen molar-refractivity contribution >= 4 is 5.91 Å². The summed E-state index contributed by atoms with van der Waals surface area (Å²) in [6, 6.07) is 7.83. The second-order valence-electron chi connectivity index (χ2n) is 4.92. The molecular weight excluding hydrogens is 256 g/mol. The van der Waals surface area contributed by atoms with Gasteiger partial charge in [-0.1, -0.05) is 12.1 Å². The maximum Gasteiger partial charge on any atom is 0.234 e. The predicted octanol–water partition coefficient (Wildman–Crippen LogP) is 1.01. The number of carbonyl (C=O) groups is 1. The number of hydrogen-bond acceptors (Lipinski definition) is 4. The number of methoxy groups -OCH3 is 1. The lowest BCUT2D eigenvalue weighted by molar-refractivity contribution is -0.122. The third-order valence-corrected chi connectivity index (χ3v) is 3.09. The fourth-order valence-electron chi connectivity index (χ4n) is 1.87. The summed E-state index contributed by atoms with van der Waals surface area (Å²) < 4.78 is 5.14. The van der Waals surface area contributed by atoms with Crippen LogP contribution in [0, 0.1) is 0 Å². The predicted molar refractivity (Wildman–Crippen MR) is 78.6 cm³/mol. The summed E-state index contributed by atoms with van der Waals surface area (Å²) in [5.41, 5.74) is 0.996. The number of ether oxygens (including phenoxy) is 1. The van der Waals surface area contributed by atoms with Crippen LogP contribution in [-0.4, -0.2) is 48.8 Å². The van der Waals surface area contributed by atoms with E-state index in [1.807, 2.05) is 43.0 Å². The Morgan fingerprint density at radius 2 is 2.20 bits per heavy atom. The van der Waals surface area contributed by atoms with Gasteiger partial charge in [0.2, 0.25) is 5.91 Å². The van der Waals surface area contributed by atoms with Gasteiger partial charge < -0.3 is 15.2 Å². The van der Waals surface area contributed by atoms with E-state index >= 15 is 0 Å². The normalized spacial score (nSPS) is 10.9. The zero-order valence-corrected chi connectivity index (χ0v) is 12.4. The van der Waals surface area contributed by atoms with Gasteiger partial charge in [-0.05, 0) is 31.5 Å². The SMILES string of the molecule is COc1cccc(CNC(=O)CN(CCO)C(C)C)c1.